The standard InChI is InChI=1S/C24H25BrN6O2.C24H24BrN5O3.C23H24BrN7O2/c1-12-15-4-5-31(23(15)29-11-28-12)19-9-24(21(33)20(19)32)8-18(27-10-24)14-3-2-13-6-16(25)22(26)30-17(13)7-14;1-12-15-4-5-30(23(15)28-11-27-12)18-8-24(21(32)20(18)31)9-19(33-10-24)14-3-2-13-6-16(25)22(26)29-17(13)7-14;24-14-5-11-1-2-12(6-15(11)30-21(14)26)16-7-23(9-27-16)8-17(18(32)19(23)33)31-4-3-13-20(25)28-10-29-22(13)31/h2-7,11,18-21,27,32-33H,8-10H2,1H3,(H2,26,30);2-7,11,18-21,31-32H,8-10H2,1H3,(H2,26,29);1-6,10,16-19,27,32-33H,7-9H2,(H2,26,30)(H2,25,28,29)/t18-,19+,20-,21-,24-;18-,19+,20+,21+,24-;16-,17+,18-,19-,23-/m010/s1. The van der Waals surface area contributed by atoms with E-state index in [1.807, 2.05) is 119 Å². The van der Waals surface area contributed by atoms with Crippen LogP contribution in [-0.2, 0) is 4.74 Å². The number of pyridine rings is 3. The molecule has 15 atom stereocenters. The molecule has 25 nitrogen and oxygen atoms in total. The highest BCUT2D eigenvalue weighted by atomic mass is 79.9. The van der Waals surface area contributed by atoms with Gasteiger partial charge in [0.25, 0.3) is 0 Å². The Bertz CT molecular complexity index is 4680. The molecule has 16 N–H and O–H groups in total. The zero-order chi connectivity index (χ0) is 68.7. The fourth-order valence-electron chi connectivity index (χ4n) is 16.9. The summed E-state index contributed by atoms with van der Waals surface area (Å²) < 4.78 is 14.4. The Balaban J connectivity index is 0.000000116. The van der Waals surface area contributed by atoms with Crippen molar-refractivity contribution in [2.24, 2.45) is 16.2 Å². The lowest BCUT2D eigenvalue weighted by Crippen LogP contribution is -2.38. The van der Waals surface area contributed by atoms with E-state index in [-0.39, 0.29) is 36.3 Å². The van der Waals surface area contributed by atoms with Crippen LogP contribution in [0.3, 0.4) is 0 Å². The van der Waals surface area contributed by atoms with Crippen LogP contribution in [-0.4, -0.2) is 146 Å². The molecule has 510 valence electrons. The summed E-state index contributed by atoms with van der Waals surface area (Å²) in [6.07, 6.45) is 8.74. The van der Waals surface area contributed by atoms with Crippen molar-refractivity contribution in [3.05, 3.63) is 170 Å². The first-order chi connectivity index (χ1) is 47.6. The minimum atomic E-state index is -0.909. The van der Waals surface area contributed by atoms with E-state index in [1.54, 1.807) is 6.33 Å². The Morgan fingerprint density at radius 1 is 0.434 bits per heavy atom. The molecule has 28 heteroatoms. The third-order valence-corrected chi connectivity index (χ3v) is 24.2. The fraction of sp³-hybridized carbons (Fsp3) is 0.366. The van der Waals surface area contributed by atoms with Crippen molar-refractivity contribution < 1.29 is 35.4 Å². The van der Waals surface area contributed by atoms with Gasteiger partial charge in [0.1, 0.15) is 77.5 Å². The molecule has 3 aliphatic heterocycles. The van der Waals surface area contributed by atoms with Crippen molar-refractivity contribution in [3.63, 3.8) is 0 Å². The number of aliphatic hydroxyl groups excluding tert-OH is 6. The normalized spacial score (nSPS) is 29.6. The SMILES string of the molecule is Cc1ncnc2c1ccn2[C@@H]1C[C@@]2(CN[C@H](c3ccc4cc(Br)c(N)nc4c3)C2)[C@@H](O)[C@H]1O.Cc1ncnc2c1ccn2[C@@H]1C[C@@]2(CO[C@H](c3ccc4cc(Br)c(N)nc4c3)C2)[C@@H](O)[C@H]1O.Nc1nc2cc([C@@H]3C[C@@]4(CN3)C[C@@H](n3ccc5c(N)ncnc53)[C@H](O)[C@@H]4O)ccc2cc1Br. The van der Waals surface area contributed by atoms with E-state index in [4.69, 9.17) is 27.7 Å². The molecule has 0 amide bonds. The maximum absolute atomic E-state index is 11.2. The second-order valence-electron chi connectivity index (χ2n) is 28.0. The monoisotopic (exact) mass is 1530 g/mol. The third kappa shape index (κ3) is 11.2. The first-order valence-corrected chi connectivity index (χ1v) is 35.3. The molecule has 0 bridgehead atoms. The lowest BCUT2D eigenvalue weighted by Gasteiger charge is -2.27. The van der Waals surface area contributed by atoms with E-state index in [0.717, 1.165) is 108 Å². The van der Waals surface area contributed by atoms with Crippen LogP contribution in [0.2, 0.25) is 0 Å². The number of anilines is 4. The van der Waals surface area contributed by atoms with Crippen molar-refractivity contribution in [1.29, 1.82) is 0 Å². The molecule has 0 unspecified atom stereocenters. The number of aryl methyl sites for hydroxylation is 2. The molecule has 6 aliphatic rings. The number of fused-ring (bicyclic) bond motifs is 6. The summed E-state index contributed by atoms with van der Waals surface area (Å²) in [5.74, 6) is 1.77. The molecule has 3 aliphatic carbocycles. The van der Waals surface area contributed by atoms with Crippen molar-refractivity contribution in [1.82, 2.24) is 69.2 Å². The number of nitrogen functional groups attached to an aromatic ring is 4. The number of hydrogen-bond donors (Lipinski definition) is 12. The Labute approximate surface area is 591 Å². The van der Waals surface area contributed by atoms with Crippen LogP contribution in [0, 0.1) is 30.1 Å². The van der Waals surface area contributed by atoms with Gasteiger partial charge in [-0.15, -0.1) is 0 Å². The van der Waals surface area contributed by atoms with Gasteiger partial charge in [0.15, 0.2) is 0 Å². The van der Waals surface area contributed by atoms with Crippen molar-refractivity contribution in [2.75, 3.05) is 42.6 Å². The topological polar surface area (TPSA) is 390 Å². The number of hydrogen-bond acceptors (Lipinski definition) is 22. The third-order valence-electron chi connectivity index (χ3n) is 22.3. The summed E-state index contributed by atoms with van der Waals surface area (Å²) in [6, 6.07) is 29.4. The van der Waals surface area contributed by atoms with E-state index >= 15 is 0 Å². The number of aromatic nitrogens is 12. The van der Waals surface area contributed by atoms with Crippen molar-refractivity contribution in [2.45, 2.75) is 125 Å². The Kier molecular flexibility index (Phi) is 16.6. The first-order valence-electron chi connectivity index (χ1n) is 33.0. The van der Waals surface area contributed by atoms with E-state index in [0.29, 0.717) is 80.7 Å². The van der Waals surface area contributed by atoms with Gasteiger partial charge in [0.05, 0.1) is 95.9 Å². The molecule has 12 aromatic rings. The summed E-state index contributed by atoms with van der Waals surface area (Å²) in [7, 11) is 0. The maximum Gasteiger partial charge on any atom is 0.145 e. The van der Waals surface area contributed by atoms with Gasteiger partial charge in [0.2, 0.25) is 0 Å². The first kappa shape index (κ1) is 65.6. The minimum absolute atomic E-state index is 0.0426. The highest BCUT2D eigenvalue weighted by Crippen LogP contribution is 2.57. The molecule has 3 saturated carbocycles. The Hall–Kier alpha value is -7.97. The van der Waals surface area contributed by atoms with Gasteiger partial charge in [0, 0.05) is 86.9 Å². The van der Waals surface area contributed by atoms with Gasteiger partial charge in [-0.3, -0.25) is 0 Å². The predicted molar refractivity (Wildman–Crippen MR) is 386 cm³/mol. The zero-order valence-corrected chi connectivity index (χ0v) is 58.6. The lowest BCUT2D eigenvalue weighted by molar-refractivity contribution is -0.0309. The average Bonchev–Trinajstić information content (AvgIpc) is 1.59. The van der Waals surface area contributed by atoms with Gasteiger partial charge < -0.3 is 82.6 Å². The molecule has 12 heterocycles. The van der Waals surface area contributed by atoms with Crippen LogP contribution in [0.1, 0.15) is 103 Å². The summed E-state index contributed by atoms with van der Waals surface area (Å²) in [4.78, 5) is 39.3. The van der Waals surface area contributed by atoms with Gasteiger partial charge in [-0.1, -0.05) is 36.4 Å². The smallest absolute Gasteiger partial charge is 0.145 e. The number of halogens is 3. The van der Waals surface area contributed by atoms with E-state index < -0.39 is 52.9 Å². The van der Waals surface area contributed by atoms with Gasteiger partial charge in [-0.2, -0.15) is 0 Å². The maximum atomic E-state index is 11.2. The van der Waals surface area contributed by atoms with Crippen LogP contribution in [0.5, 0.6) is 0 Å². The molecule has 3 saturated heterocycles. The number of nitrogens with two attached hydrogens (primary N) is 4. The quantitative estimate of drug-likeness (QED) is 0.0739. The second-order valence-corrected chi connectivity index (χ2v) is 30.5. The van der Waals surface area contributed by atoms with E-state index in [2.05, 4.69) is 121 Å². The van der Waals surface area contributed by atoms with Crippen LogP contribution >= 0.6 is 47.8 Å². The highest BCUT2D eigenvalue weighted by Gasteiger charge is 2.59. The molecule has 99 heavy (non-hydrogen) atoms. The molecule has 3 aromatic carbocycles. The van der Waals surface area contributed by atoms with Crippen LogP contribution in [0.15, 0.2) is 142 Å². The molecule has 0 radical (unpaired) electrons. The zero-order valence-electron chi connectivity index (χ0n) is 53.8. The Morgan fingerprint density at radius 2 is 0.808 bits per heavy atom. The molecular weight excluding hydrogens is 1460 g/mol. The van der Waals surface area contributed by atoms with E-state index in [1.165, 1.54) is 12.7 Å². The van der Waals surface area contributed by atoms with Crippen molar-refractivity contribution in [3.8, 4) is 0 Å². The largest absolute Gasteiger partial charge is 0.390 e. The van der Waals surface area contributed by atoms with Crippen LogP contribution < -0.4 is 33.6 Å². The number of nitrogens with zero attached hydrogens (tertiary/aromatic N) is 12. The molecule has 18 rings (SSSR count). The van der Waals surface area contributed by atoms with Crippen molar-refractivity contribution >= 4 is 137 Å². The van der Waals surface area contributed by atoms with Gasteiger partial charge in [-0.05, 0) is 171 Å². The number of nitrogens with one attached hydrogen (secondary N) is 2. The number of ether oxygens (including phenoxy) is 1. The number of rotatable bonds is 6. The molecule has 6 fully saturated rings. The van der Waals surface area contributed by atoms with Gasteiger partial charge in [-0.25, -0.2) is 44.9 Å². The molecule has 9 aromatic heterocycles. The number of aliphatic hydroxyl groups is 6. The Morgan fingerprint density at radius 3 is 1.25 bits per heavy atom. The molecule has 3 spiro atoms. The summed E-state index contributed by atoms with van der Waals surface area (Å²) in [5.41, 5.74) is 32.2. The fourth-order valence-corrected chi connectivity index (χ4v) is 17.9. The summed E-state index contributed by atoms with van der Waals surface area (Å²) >= 11 is 10.3. The average molecular weight is 1530 g/mol. The lowest BCUT2D eigenvalue weighted by atomic mass is 9.80. The second kappa shape index (κ2) is 25.0. The van der Waals surface area contributed by atoms with Crippen LogP contribution in [0.4, 0.5) is 23.3 Å². The predicted octanol–water partition coefficient (Wildman–Crippen LogP) is 8.76. The highest BCUT2D eigenvalue weighted by molar-refractivity contribution is 9.11. The summed E-state index contributed by atoms with van der Waals surface area (Å²) in [6.45, 7) is 5.51. The minimum Gasteiger partial charge on any atom is -0.390 e. The number of benzene rings is 3. The van der Waals surface area contributed by atoms with Crippen LogP contribution in [0.25, 0.3) is 65.8 Å². The van der Waals surface area contributed by atoms with Gasteiger partial charge >= 0.3 is 0 Å². The molecular formula is C71H73Br3N18O7. The van der Waals surface area contributed by atoms with E-state index in [9.17, 15) is 30.6 Å². The summed E-state index contributed by atoms with van der Waals surface area (Å²) in [5, 5.41) is 79.4.